The first-order chi connectivity index (χ1) is 14.1. The van der Waals surface area contributed by atoms with Crippen molar-refractivity contribution in [1.82, 2.24) is 24.7 Å². The minimum absolute atomic E-state index is 0.183. The fourth-order valence-electron chi connectivity index (χ4n) is 3.13. The normalized spacial score (nSPS) is 10.8. The smallest absolute Gasteiger partial charge is 0.280 e. The average Bonchev–Trinajstić information content (AvgIpc) is 3.13. The van der Waals surface area contributed by atoms with Crippen LogP contribution in [-0.4, -0.2) is 31.3 Å². The maximum absolute atomic E-state index is 12.8. The molecule has 0 aliphatic carbocycles. The number of pyridine rings is 1. The maximum Gasteiger partial charge on any atom is 0.280 e. The second-order valence-corrected chi connectivity index (χ2v) is 6.93. The maximum atomic E-state index is 12.8. The Morgan fingerprint density at radius 3 is 2.79 bits per heavy atom. The molecule has 4 aromatic rings. The number of aryl methyl sites for hydroxylation is 2. The van der Waals surface area contributed by atoms with Crippen LogP contribution in [0.15, 0.2) is 66.1 Å². The molecular weight excluding hydrogens is 364 g/mol. The molecule has 29 heavy (non-hydrogen) atoms. The second-order valence-electron chi connectivity index (χ2n) is 6.93. The molecule has 3 heterocycles. The van der Waals surface area contributed by atoms with E-state index in [1.807, 2.05) is 6.07 Å². The quantitative estimate of drug-likeness (QED) is 0.531. The molecule has 146 valence electrons. The average molecular weight is 386 g/mol. The van der Waals surface area contributed by atoms with Gasteiger partial charge in [0.05, 0.1) is 5.56 Å². The lowest BCUT2D eigenvalue weighted by atomic mass is 10.0. The molecule has 2 N–H and O–H groups in total. The van der Waals surface area contributed by atoms with Crippen LogP contribution in [0.3, 0.4) is 0 Å². The highest BCUT2D eigenvalue weighted by molar-refractivity contribution is 5.60. The van der Waals surface area contributed by atoms with Gasteiger partial charge in [0.1, 0.15) is 12.1 Å². The number of aromatic nitrogens is 5. The van der Waals surface area contributed by atoms with Crippen molar-refractivity contribution in [2.75, 3.05) is 11.9 Å². The van der Waals surface area contributed by atoms with Gasteiger partial charge in [0, 0.05) is 36.8 Å². The molecule has 3 aromatic heterocycles. The van der Waals surface area contributed by atoms with Gasteiger partial charge in [0.25, 0.3) is 5.56 Å². The molecule has 0 spiro atoms. The summed E-state index contributed by atoms with van der Waals surface area (Å²) in [7, 11) is 0. The molecule has 0 fully saturated rings. The molecule has 0 unspecified atom stereocenters. The van der Waals surface area contributed by atoms with Crippen LogP contribution < -0.4 is 10.9 Å². The molecule has 0 aliphatic heterocycles. The highest BCUT2D eigenvalue weighted by Crippen LogP contribution is 2.15. The molecule has 0 saturated heterocycles. The van der Waals surface area contributed by atoms with Crippen LogP contribution in [0.25, 0.3) is 16.9 Å². The van der Waals surface area contributed by atoms with Crippen molar-refractivity contribution in [3.05, 3.63) is 88.4 Å². The number of aromatic amines is 1. The minimum Gasteiger partial charge on any atom is -0.370 e. The summed E-state index contributed by atoms with van der Waals surface area (Å²) in [5, 5.41) is 6.27. The van der Waals surface area contributed by atoms with Crippen LogP contribution in [0.5, 0.6) is 0 Å². The van der Waals surface area contributed by atoms with Crippen LogP contribution in [0, 0.1) is 13.8 Å². The molecular formula is C22H22N6O. The number of rotatable bonds is 6. The van der Waals surface area contributed by atoms with Crippen molar-refractivity contribution < 1.29 is 0 Å². The summed E-state index contributed by atoms with van der Waals surface area (Å²) >= 11 is 0. The fourth-order valence-corrected chi connectivity index (χ4v) is 3.13. The lowest BCUT2D eigenvalue weighted by molar-refractivity contribution is 0.812. The van der Waals surface area contributed by atoms with E-state index in [1.54, 1.807) is 30.7 Å². The predicted molar refractivity (Wildman–Crippen MR) is 113 cm³/mol. The molecule has 0 aliphatic rings. The van der Waals surface area contributed by atoms with E-state index in [-0.39, 0.29) is 5.56 Å². The highest BCUT2D eigenvalue weighted by Gasteiger charge is 2.11. The Hall–Kier alpha value is -3.74. The summed E-state index contributed by atoms with van der Waals surface area (Å²) in [5.41, 5.74) is 4.98. The third-order valence-corrected chi connectivity index (χ3v) is 4.92. The molecule has 0 radical (unpaired) electrons. The summed E-state index contributed by atoms with van der Waals surface area (Å²) < 4.78 is 1.40. The van der Waals surface area contributed by atoms with E-state index in [4.69, 9.17) is 0 Å². The van der Waals surface area contributed by atoms with Crippen LogP contribution in [0.1, 0.15) is 16.7 Å². The van der Waals surface area contributed by atoms with Gasteiger partial charge in [-0.15, -0.1) is 0 Å². The van der Waals surface area contributed by atoms with Crippen LogP contribution in [0.2, 0.25) is 0 Å². The van der Waals surface area contributed by atoms with Crippen molar-refractivity contribution in [3.63, 3.8) is 0 Å². The van der Waals surface area contributed by atoms with Crippen molar-refractivity contribution in [2.45, 2.75) is 20.3 Å². The van der Waals surface area contributed by atoms with E-state index in [9.17, 15) is 4.79 Å². The van der Waals surface area contributed by atoms with E-state index in [0.717, 1.165) is 18.5 Å². The number of nitrogens with zero attached hydrogens (tertiary/aromatic N) is 4. The second kappa shape index (κ2) is 8.10. The van der Waals surface area contributed by atoms with Gasteiger partial charge < -0.3 is 5.32 Å². The monoisotopic (exact) mass is 386 g/mol. The Labute approximate surface area is 168 Å². The number of nitrogens with one attached hydrogen (secondary N) is 2. The van der Waals surface area contributed by atoms with E-state index < -0.39 is 0 Å². The third-order valence-electron chi connectivity index (χ3n) is 4.92. The van der Waals surface area contributed by atoms with Gasteiger partial charge in [-0.1, -0.05) is 24.3 Å². The molecule has 4 rings (SSSR count). The van der Waals surface area contributed by atoms with Gasteiger partial charge in [0.2, 0.25) is 0 Å². The zero-order valence-electron chi connectivity index (χ0n) is 16.4. The molecule has 0 atom stereocenters. The SMILES string of the molecule is Cc1ccc(CCNc2cc(-n3[nH]cc(-c4cccnc4)c3=O)ncn2)cc1C. The number of anilines is 1. The lowest BCUT2D eigenvalue weighted by Crippen LogP contribution is -2.17. The van der Waals surface area contributed by atoms with Crippen LogP contribution in [-0.2, 0) is 6.42 Å². The fraction of sp³-hybridized carbons (Fsp3) is 0.182. The number of H-pyrrole nitrogens is 1. The van der Waals surface area contributed by atoms with Crippen molar-refractivity contribution >= 4 is 5.82 Å². The first kappa shape index (κ1) is 18.6. The molecule has 0 amide bonds. The van der Waals surface area contributed by atoms with Gasteiger partial charge in [-0.3, -0.25) is 14.9 Å². The van der Waals surface area contributed by atoms with Gasteiger partial charge >= 0.3 is 0 Å². The van der Waals surface area contributed by atoms with Crippen LogP contribution in [0.4, 0.5) is 5.82 Å². The third kappa shape index (κ3) is 4.08. The van der Waals surface area contributed by atoms with Crippen molar-refractivity contribution in [3.8, 4) is 16.9 Å². The highest BCUT2D eigenvalue weighted by atomic mass is 16.1. The van der Waals surface area contributed by atoms with Gasteiger partial charge in [-0.05, 0) is 43.0 Å². The summed E-state index contributed by atoms with van der Waals surface area (Å²) in [6.45, 7) is 4.97. The number of hydrogen-bond donors (Lipinski definition) is 2. The lowest BCUT2D eigenvalue weighted by Gasteiger charge is -2.08. The summed E-state index contributed by atoms with van der Waals surface area (Å²) in [6, 6.07) is 11.9. The first-order valence-corrected chi connectivity index (χ1v) is 9.45. The van der Waals surface area contributed by atoms with E-state index in [2.05, 4.69) is 57.4 Å². The topological polar surface area (TPSA) is 88.5 Å². The first-order valence-electron chi connectivity index (χ1n) is 9.45. The zero-order valence-corrected chi connectivity index (χ0v) is 16.4. The molecule has 7 heteroatoms. The van der Waals surface area contributed by atoms with Gasteiger partial charge in [-0.2, -0.15) is 0 Å². The number of benzene rings is 1. The Kier molecular flexibility index (Phi) is 5.20. The Morgan fingerprint density at radius 1 is 1.10 bits per heavy atom. The zero-order chi connectivity index (χ0) is 20.2. The number of hydrogen-bond acceptors (Lipinski definition) is 5. The van der Waals surface area contributed by atoms with E-state index >= 15 is 0 Å². The summed E-state index contributed by atoms with van der Waals surface area (Å²) in [5.74, 6) is 1.15. The van der Waals surface area contributed by atoms with Crippen molar-refractivity contribution in [1.29, 1.82) is 0 Å². The van der Waals surface area contributed by atoms with Crippen molar-refractivity contribution in [2.24, 2.45) is 0 Å². The van der Waals surface area contributed by atoms with Gasteiger partial charge in [-0.25, -0.2) is 14.6 Å². The molecule has 7 nitrogen and oxygen atoms in total. The Balaban J connectivity index is 1.48. The standard InChI is InChI=1S/C22H22N6O/c1-15-5-6-17(10-16(15)2)7-9-24-20-11-21(26-14-25-20)28-22(29)19(13-27-28)18-4-3-8-23-12-18/h3-6,8,10-14,27H,7,9H2,1-2H3,(H,24,25,26). The van der Waals surface area contributed by atoms with E-state index in [1.165, 1.54) is 27.7 Å². The van der Waals surface area contributed by atoms with E-state index in [0.29, 0.717) is 17.2 Å². The molecule has 1 aromatic carbocycles. The largest absolute Gasteiger partial charge is 0.370 e. The minimum atomic E-state index is -0.183. The molecule has 0 saturated carbocycles. The van der Waals surface area contributed by atoms with Crippen LogP contribution >= 0.6 is 0 Å². The van der Waals surface area contributed by atoms with Gasteiger partial charge in [0.15, 0.2) is 5.82 Å². The summed E-state index contributed by atoms with van der Waals surface area (Å²) in [4.78, 5) is 25.3. The molecule has 0 bridgehead atoms. The Morgan fingerprint density at radius 2 is 2.00 bits per heavy atom. The summed E-state index contributed by atoms with van der Waals surface area (Å²) in [6.07, 6.45) is 7.33. The Bertz CT molecular complexity index is 1180. The predicted octanol–water partition coefficient (Wildman–Crippen LogP) is 3.29.